The second-order valence-corrected chi connectivity index (χ2v) is 6.81. The summed E-state index contributed by atoms with van der Waals surface area (Å²) in [5.41, 5.74) is 8.25. The lowest BCUT2D eigenvalue weighted by Crippen LogP contribution is -2.25. The zero-order valence-electron chi connectivity index (χ0n) is 11.3. The smallest absolute Gasteiger partial charge is 0.123 e. The van der Waals surface area contributed by atoms with Crippen molar-refractivity contribution in [3.8, 4) is 0 Å². The lowest BCUT2D eigenvalue weighted by Gasteiger charge is -2.13. The van der Waals surface area contributed by atoms with Gasteiger partial charge in [-0.25, -0.2) is 4.39 Å². The van der Waals surface area contributed by atoms with Crippen LogP contribution in [0.1, 0.15) is 11.1 Å². The molecule has 0 fully saturated rings. The van der Waals surface area contributed by atoms with Crippen LogP contribution < -0.4 is 5.73 Å². The maximum atomic E-state index is 13.0. The molecule has 0 saturated carbocycles. The van der Waals surface area contributed by atoms with Gasteiger partial charge < -0.3 is 5.73 Å². The molecule has 1 atom stereocenters. The summed E-state index contributed by atoms with van der Waals surface area (Å²) in [5.74, 6) is 0.655. The van der Waals surface area contributed by atoms with E-state index in [1.165, 1.54) is 11.0 Å². The van der Waals surface area contributed by atoms with E-state index in [9.17, 15) is 4.39 Å². The first-order chi connectivity index (χ1) is 9.54. The van der Waals surface area contributed by atoms with Crippen molar-refractivity contribution in [1.82, 2.24) is 0 Å². The van der Waals surface area contributed by atoms with E-state index in [0.29, 0.717) is 0 Å². The third-order valence-electron chi connectivity index (χ3n) is 3.06. The molecule has 0 saturated heterocycles. The van der Waals surface area contributed by atoms with Crippen molar-refractivity contribution in [2.24, 2.45) is 5.73 Å². The first-order valence-electron chi connectivity index (χ1n) is 6.43. The van der Waals surface area contributed by atoms with Crippen LogP contribution in [0, 0.1) is 12.7 Å². The second kappa shape index (κ2) is 7.25. The quantitative estimate of drug-likeness (QED) is 0.797. The third-order valence-corrected chi connectivity index (χ3v) is 4.79. The molecule has 0 aliphatic heterocycles. The van der Waals surface area contributed by atoms with E-state index in [1.807, 2.05) is 25.1 Å². The Morgan fingerprint density at radius 3 is 2.55 bits per heavy atom. The summed E-state index contributed by atoms with van der Waals surface area (Å²) in [5, 5.41) is 0. The van der Waals surface area contributed by atoms with Crippen LogP contribution in [-0.4, -0.2) is 11.8 Å². The molecule has 0 aliphatic rings. The molecule has 0 bridgehead atoms. The first kappa shape index (κ1) is 15.5. The number of rotatable bonds is 5. The molecule has 1 nitrogen and oxygen atoms in total. The predicted molar refractivity (Wildman–Crippen MR) is 87.7 cm³/mol. The molecule has 0 aliphatic carbocycles. The standard InChI is InChI=1S/C16H17BrFNS/c1-11-8-14(18)5-2-12(11)9-15(19)10-20-16-6-3-13(17)4-7-16/h2-8,15H,9-10,19H2,1H3. The number of benzene rings is 2. The van der Waals surface area contributed by atoms with Gasteiger partial charge in [0.05, 0.1) is 0 Å². The first-order valence-corrected chi connectivity index (χ1v) is 8.21. The molecule has 2 rings (SSSR count). The van der Waals surface area contributed by atoms with Crippen LogP contribution in [-0.2, 0) is 6.42 Å². The van der Waals surface area contributed by atoms with Gasteiger partial charge in [-0.2, -0.15) is 0 Å². The lowest BCUT2D eigenvalue weighted by molar-refractivity contribution is 0.624. The fourth-order valence-electron chi connectivity index (χ4n) is 1.96. The normalized spacial score (nSPS) is 12.4. The SMILES string of the molecule is Cc1cc(F)ccc1CC(N)CSc1ccc(Br)cc1. The van der Waals surface area contributed by atoms with Gasteiger partial charge in [-0.15, -0.1) is 11.8 Å². The maximum absolute atomic E-state index is 13.0. The number of thioether (sulfide) groups is 1. The molecule has 20 heavy (non-hydrogen) atoms. The van der Waals surface area contributed by atoms with Crippen LogP contribution in [0.15, 0.2) is 51.8 Å². The molecule has 0 radical (unpaired) electrons. The minimum atomic E-state index is -0.191. The van der Waals surface area contributed by atoms with Crippen LogP contribution in [0.3, 0.4) is 0 Å². The van der Waals surface area contributed by atoms with Crippen molar-refractivity contribution in [2.75, 3.05) is 5.75 Å². The molecule has 0 amide bonds. The molecule has 4 heteroatoms. The molecule has 106 valence electrons. The predicted octanol–water partition coefficient (Wildman–Crippen LogP) is 4.56. The largest absolute Gasteiger partial charge is 0.327 e. The Morgan fingerprint density at radius 2 is 1.90 bits per heavy atom. The molecule has 2 aromatic rings. The molecule has 2 N–H and O–H groups in total. The molecule has 0 spiro atoms. The van der Waals surface area contributed by atoms with Crippen molar-refractivity contribution >= 4 is 27.7 Å². The number of hydrogen-bond donors (Lipinski definition) is 1. The van der Waals surface area contributed by atoms with E-state index in [4.69, 9.17) is 5.73 Å². The van der Waals surface area contributed by atoms with Crippen LogP contribution in [0.2, 0.25) is 0 Å². The summed E-state index contributed by atoms with van der Waals surface area (Å²) >= 11 is 5.16. The molecule has 1 unspecified atom stereocenters. The highest BCUT2D eigenvalue weighted by molar-refractivity contribution is 9.10. The Balaban J connectivity index is 1.89. The van der Waals surface area contributed by atoms with Crippen LogP contribution in [0.25, 0.3) is 0 Å². The van der Waals surface area contributed by atoms with Gasteiger partial charge in [-0.05, 0) is 60.9 Å². The minimum absolute atomic E-state index is 0.0628. The Bertz CT molecular complexity index is 571. The average Bonchev–Trinajstić information content (AvgIpc) is 2.41. The summed E-state index contributed by atoms with van der Waals surface area (Å²) in [4.78, 5) is 1.21. The second-order valence-electron chi connectivity index (χ2n) is 4.80. The summed E-state index contributed by atoms with van der Waals surface area (Å²) < 4.78 is 14.1. The topological polar surface area (TPSA) is 26.0 Å². The van der Waals surface area contributed by atoms with Crippen molar-refractivity contribution in [3.63, 3.8) is 0 Å². The number of halogens is 2. The number of nitrogens with two attached hydrogens (primary N) is 1. The van der Waals surface area contributed by atoms with Gasteiger partial charge in [0, 0.05) is 21.2 Å². The average molecular weight is 354 g/mol. The van der Waals surface area contributed by atoms with Crippen molar-refractivity contribution in [3.05, 3.63) is 63.9 Å². The Hall–Kier alpha value is -0.840. The highest BCUT2D eigenvalue weighted by Gasteiger charge is 2.08. The molecule has 2 aromatic carbocycles. The zero-order valence-corrected chi connectivity index (χ0v) is 13.7. The van der Waals surface area contributed by atoms with Gasteiger partial charge in [0.15, 0.2) is 0 Å². The molecular formula is C16H17BrFNS. The Morgan fingerprint density at radius 1 is 1.20 bits per heavy atom. The lowest BCUT2D eigenvalue weighted by atomic mass is 10.0. The zero-order chi connectivity index (χ0) is 14.5. The van der Waals surface area contributed by atoms with E-state index >= 15 is 0 Å². The summed E-state index contributed by atoms with van der Waals surface area (Å²) in [6.45, 7) is 1.92. The number of hydrogen-bond acceptors (Lipinski definition) is 2. The summed E-state index contributed by atoms with van der Waals surface area (Å²) in [6.07, 6.45) is 0.773. The van der Waals surface area contributed by atoms with Crippen molar-refractivity contribution in [2.45, 2.75) is 24.3 Å². The molecule has 0 heterocycles. The highest BCUT2D eigenvalue weighted by Crippen LogP contribution is 2.22. The molecular weight excluding hydrogens is 337 g/mol. The third kappa shape index (κ3) is 4.62. The van der Waals surface area contributed by atoms with Gasteiger partial charge in [0.2, 0.25) is 0 Å². The fourth-order valence-corrected chi connectivity index (χ4v) is 3.08. The van der Waals surface area contributed by atoms with E-state index in [1.54, 1.807) is 17.8 Å². The van der Waals surface area contributed by atoms with E-state index in [2.05, 4.69) is 28.1 Å². The van der Waals surface area contributed by atoms with Gasteiger partial charge in [0.25, 0.3) is 0 Å². The molecule has 0 aromatic heterocycles. The summed E-state index contributed by atoms with van der Waals surface area (Å²) in [6, 6.07) is 13.1. The van der Waals surface area contributed by atoms with E-state index in [0.717, 1.165) is 27.8 Å². The minimum Gasteiger partial charge on any atom is -0.327 e. The van der Waals surface area contributed by atoms with Gasteiger partial charge in [-0.3, -0.25) is 0 Å². The Labute approximate surface area is 131 Å². The van der Waals surface area contributed by atoms with Gasteiger partial charge in [0.1, 0.15) is 5.82 Å². The van der Waals surface area contributed by atoms with Crippen molar-refractivity contribution < 1.29 is 4.39 Å². The van der Waals surface area contributed by atoms with Gasteiger partial charge in [-0.1, -0.05) is 22.0 Å². The Kier molecular flexibility index (Phi) is 5.64. The maximum Gasteiger partial charge on any atom is 0.123 e. The highest BCUT2D eigenvalue weighted by atomic mass is 79.9. The number of aryl methyl sites for hydroxylation is 1. The van der Waals surface area contributed by atoms with Crippen LogP contribution in [0.5, 0.6) is 0 Å². The van der Waals surface area contributed by atoms with E-state index < -0.39 is 0 Å². The van der Waals surface area contributed by atoms with Crippen LogP contribution >= 0.6 is 27.7 Å². The van der Waals surface area contributed by atoms with E-state index in [-0.39, 0.29) is 11.9 Å². The van der Waals surface area contributed by atoms with Crippen molar-refractivity contribution in [1.29, 1.82) is 0 Å². The summed E-state index contributed by atoms with van der Waals surface area (Å²) in [7, 11) is 0. The fraction of sp³-hybridized carbons (Fsp3) is 0.250. The van der Waals surface area contributed by atoms with Gasteiger partial charge >= 0.3 is 0 Å². The monoisotopic (exact) mass is 353 g/mol. The van der Waals surface area contributed by atoms with Crippen LogP contribution in [0.4, 0.5) is 4.39 Å².